The first kappa shape index (κ1) is 26.4. The summed E-state index contributed by atoms with van der Waals surface area (Å²) in [6.07, 6.45) is 1.11. The summed E-state index contributed by atoms with van der Waals surface area (Å²) in [5.41, 5.74) is -1.85. The summed E-state index contributed by atoms with van der Waals surface area (Å²) >= 11 is 6.19. The lowest BCUT2D eigenvalue weighted by Crippen LogP contribution is -2.49. The highest BCUT2D eigenvalue weighted by Gasteiger charge is 2.56. The Labute approximate surface area is 210 Å². The van der Waals surface area contributed by atoms with E-state index in [1.54, 1.807) is 0 Å². The van der Waals surface area contributed by atoms with Crippen molar-refractivity contribution < 1.29 is 41.0 Å². The number of anilines is 1. The number of esters is 1. The second-order valence-corrected chi connectivity index (χ2v) is 11.8. The van der Waals surface area contributed by atoms with Gasteiger partial charge in [-0.25, -0.2) is 21.6 Å². The molecule has 3 unspecified atom stereocenters. The average molecular weight is 546 g/mol. The molecule has 4 rings (SSSR count). The summed E-state index contributed by atoms with van der Waals surface area (Å²) in [5.74, 6) is -6.99. The molecule has 2 bridgehead atoms. The Hall–Kier alpha value is -2.63. The SMILES string of the molecule is COC(=O)CC1(O)C2CC[C@H]1CC(S(=O)(=O)c1cc(C(=O)Nc3cc(F)c(F)c(F)c3)ccc1Cl)C2. The molecule has 0 aromatic heterocycles. The van der Waals surface area contributed by atoms with Crippen LogP contribution in [0.2, 0.25) is 5.02 Å². The molecule has 2 aromatic carbocycles. The highest BCUT2D eigenvalue weighted by molar-refractivity contribution is 7.92. The van der Waals surface area contributed by atoms with Crippen molar-refractivity contribution in [1.29, 1.82) is 0 Å². The van der Waals surface area contributed by atoms with Crippen LogP contribution in [0.1, 0.15) is 42.5 Å². The van der Waals surface area contributed by atoms with E-state index >= 15 is 0 Å². The van der Waals surface area contributed by atoms with Crippen LogP contribution >= 0.6 is 11.6 Å². The Morgan fingerprint density at radius 1 is 1.11 bits per heavy atom. The molecular formula is C24H23ClF3NO6S. The molecule has 2 aliphatic rings. The monoisotopic (exact) mass is 545 g/mol. The predicted molar refractivity (Wildman–Crippen MR) is 124 cm³/mol. The molecule has 0 saturated heterocycles. The summed E-state index contributed by atoms with van der Waals surface area (Å²) in [6, 6.07) is 4.72. The van der Waals surface area contributed by atoms with E-state index in [9.17, 15) is 36.3 Å². The second-order valence-electron chi connectivity index (χ2n) is 9.21. The zero-order valence-electron chi connectivity index (χ0n) is 19.1. The van der Waals surface area contributed by atoms with Gasteiger partial charge in [-0.1, -0.05) is 11.6 Å². The standard InChI is InChI=1S/C24H23ClF3NO6S/c1-35-21(30)11-24(32)13-3-4-14(24)8-16(7-13)36(33,34)20-6-12(2-5-17(20)25)23(31)29-15-9-18(26)22(28)19(27)10-15/h2,5-6,9-10,13-14,16,32H,3-4,7-8,11H2,1H3,(H,29,31)/t13-,14?,16?,24?/m0/s1. The van der Waals surface area contributed by atoms with Gasteiger partial charge in [-0.2, -0.15) is 0 Å². The van der Waals surface area contributed by atoms with E-state index in [1.807, 2.05) is 0 Å². The third-order valence-corrected chi connectivity index (χ3v) is 9.86. The van der Waals surface area contributed by atoms with Gasteiger partial charge < -0.3 is 15.2 Å². The number of aliphatic hydroxyl groups is 1. The van der Waals surface area contributed by atoms with Gasteiger partial charge in [-0.05, 0) is 55.7 Å². The summed E-state index contributed by atoms with van der Waals surface area (Å²) in [6.45, 7) is 0. The maximum Gasteiger partial charge on any atom is 0.308 e. The molecule has 194 valence electrons. The average Bonchev–Trinajstić information content (AvgIpc) is 2.98. The number of carbonyl (C=O) groups excluding carboxylic acids is 2. The molecule has 2 aromatic rings. The quantitative estimate of drug-likeness (QED) is 0.414. The number of nitrogens with one attached hydrogen (secondary N) is 1. The van der Waals surface area contributed by atoms with Crippen molar-refractivity contribution in [2.75, 3.05) is 12.4 Å². The fourth-order valence-corrected chi connectivity index (χ4v) is 7.73. The lowest BCUT2D eigenvalue weighted by Gasteiger charge is -2.41. The molecule has 0 radical (unpaired) electrons. The molecule has 7 nitrogen and oxygen atoms in total. The second kappa shape index (κ2) is 9.68. The lowest BCUT2D eigenvalue weighted by atomic mass is 9.72. The number of hydrogen-bond acceptors (Lipinski definition) is 6. The highest BCUT2D eigenvalue weighted by atomic mass is 35.5. The normalized spacial score (nSPS) is 25.4. The number of carbonyl (C=O) groups is 2. The fourth-order valence-electron chi connectivity index (χ4n) is 5.33. The molecular weight excluding hydrogens is 523 g/mol. The Kier molecular flexibility index (Phi) is 7.11. The minimum atomic E-state index is -4.06. The van der Waals surface area contributed by atoms with Crippen molar-refractivity contribution in [2.45, 2.75) is 47.9 Å². The number of hydrogen-bond donors (Lipinski definition) is 2. The van der Waals surface area contributed by atoms with Gasteiger partial charge in [0.2, 0.25) is 0 Å². The zero-order valence-corrected chi connectivity index (χ0v) is 20.6. The Morgan fingerprint density at radius 2 is 1.69 bits per heavy atom. The zero-order chi connectivity index (χ0) is 26.4. The highest BCUT2D eigenvalue weighted by Crippen LogP contribution is 2.53. The third-order valence-electron chi connectivity index (χ3n) is 7.21. The number of halogens is 4. The molecule has 2 saturated carbocycles. The number of amides is 1. The molecule has 36 heavy (non-hydrogen) atoms. The molecule has 0 spiro atoms. The van der Waals surface area contributed by atoms with E-state index in [1.165, 1.54) is 19.2 Å². The van der Waals surface area contributed by atoms with Crippen LogP contribution in [-0.2, 0) is 19.4 Å². The van der Waals surface area contributed by atoms with Crippen molar-refractivity contribution in [3.05, 3.63) is 58.4 Å². The Morgan fingerprint density at radius 3 is 2.25 bits per heavy atom. The number of benzene rings is 2. The van der Waals surface area contributed by atoms with Crippen molar-refractivity contribution in [1.82, 2.24) is 0 Å². The third kappa shape index (κ3) is 4.71. The van der Waals surface area contributed by atoms with E-state index < -0.39 is 61.9 Å². The molecule has 12 heteroatoms. The molecule has 0 aliphatic heterocycles. The van der Waals surface area contributed by atoms with Gasteiger partial charge >= 0.3 is 5.97 Å². The van der Waals surface area contributed by atoms with Crippen LogP contribution in [-0.4, -0.2) is 43.4 Å². The minimum Gasteiger partial charge on any atom is -0.469 e. The topological polar surface area (TPSA) is 110 Å². The van der Waals surface area contributed by atoms with E-state index in [-0.39, 0.29) is 40.4 Å². The number of methoxy groups -OCH3 is 1. The van der Waals surface area contributed by atoms with Crippen LogP contribution in [0.4, 0.5) is 18.9 Å². The van der Waals surface area contributed by atoms with Crippen molar-refractivity contribution in [3.8, 4) is 0 Å². The summed E-state index contributed by atoms with van der Waals surface area (Å²) in [7, 11) is -2.84. The van der Waals surface area contributed by atoms with Gasteiger partial charge in [0.25, 0.3) is 5.91 Å². The number of sulfone groups is 1. The molecule has 0 heterocycles. The van der Waals surface area contributed by atoms with Crippen LogP contribution < -0.4 is 5.32 Å². The molecule has 1 amide bonds. The first-order chi connectivity index (χ1) is 16.9. The van der Waals surface area contributed by atoms with Crippen molar-refractivity contribution in [2.24, 2.45) is 11.8 Å². The molecule has 2 fully saturated rings. The van der Waals surface area contributed by atoms with Gasteiger partial charge in [0, 0.05) is 23.4 Å². The van der Waals surface area contributed by atoms with Gasteiger partial charge in [0.05, 0.1) is 34.3 Å². The van der Waals surface area contributed by atoms with Crippen molar-refractivity contribution in [3.63, 3.8) is 0 Å². The van der Waals surface area contributed by atoms with E-state index in [2.05, 4.69) is 10.1 Å². The smallest absolute Gasteiger partial charge is 0.308 e. The Bertz CT molecular complexity index is 1300. The maximum absolute atomic E-state index is 13.5. The van der Waals surface area contributed by atoms with Crippen molar-refractivity contribution >= 4 is 39.0 Å². The van der Waals surface area contributed by atoms with Crippen LogP contribution in [0.3, 0.4) is 0 Å². The predicted octanol–water partition coefficient (Wildman–Crippen LogP) is 4.27. The molecule has 2 N–H and O–H groups in total. The Balaban J connectivity index is 1.58. The largest absolute Gasteiger partial charge is 0.469 e. The summed E-state index contributed by atoms with van der Waals surface area (Å²) < 4.78 is 71.9. The van der Waals surface area contributed by atoms with Gasteiger partial charge in [0.1, 0.15) is 0 Å². The minimum absolute atomic E-state index is 0.104. The van der Waals surface area contributed by atoms with Crippen LogP contribution in [0.25, 0.3) is 0 Å². The van der Waals surface area contributed by atoms with E-state index in [0.29, 0.717) is 25.0 Å². The van der Waals surface area contributed by atoms with Crippen LogP contribution in [0.5, 0.6) is 0 Å². The van der Waals surface area contributed by atoms with Gasteiger partial charge in [-0.15, -0.1) is 0 Å². The first-order valence-electron chi connectivity index (χ1n) is 11.1. The number of ether oxygens (including phenoxy) is 1. The first-order valence-corrected chi connectivity index (χ1v) is 13.1. The summed E-state index contributed by atoms with van der Waals surface area (Å²) in [4.78, 5) is 24.2. The van der Waals surface area contributed by atoms with E-state index in [4.69, 9.17) is 11.6 Å². The van der Waals surface area contributed by atoms with Crippen LogP contribution in [0.15, 0.2) is 35.2 Å². The number of fused-ring (bicyclic) bond motifs is 2. The fraction of sp³-hybridized carbons (Fsp3) is 0.417. The molecule has 4 atom stereocenters. The maximum atomic E-state index is 13.5. The lowest BCUT2D eigenvalue weighted by molar-refractivity contribution is -0.152. The van der Waals surface area contributed by atoms with E-state index in [0.717, 1.165) is 6.07 Å². The molecule has 2 aliphatic carbocycles. The van der Waals surface area contributed by atoms with Crippen LogP contribution in [0, 0.1) is 29.3 Å². The summed E-state index contributed by atoms with van der Waals surface area (Å²) in [5, 5.41) is 12.3. The number of rotatable bonds is 6. The van der Waals surface area contributed by atoms with Gasteiger partial charge in [-0.3, -0.25) is 9.59 Å². The van der Waals surface area contributed by atoms with Gasteiger partial charge in [0.15, 0.2) is 27.3 Å².